The lowest BCUT2D eigenvalue weighted by atomic mass is 10.3. The summed E-state index contributed by atoms with van der Waals surface area (Å²) >= 11 is 1.39. The highest BCUT2D eigenvalue weighted by Crippen LogP contribution is 2.28. The predicted molar refractivity (Wildman–Crippen MR) is 68.3 cm³/mol. The van der Waals surface area contributed by atoms with Crippen molar-refractivity contribution in [2.45, 2.75) is 9.92 Å². The first-order valence-corrected chi connectivity index (χ1v) is 6.03. The number of carboxylic acid groups (broad SMARTS) is 1. The van der Waals surface area contributed by atoms with E-state index in [4.69, 9.17) is 9.84 Å². The number of pyridine rings is 1. The molecule has 1 heterocycles. The van der Waals surface area contributed by atoms with Gasteiger partial charge in [-0.15, -0.1) is 0 Å². The Balaban J connectivity index is 2.22. The largest absolute Gasteiger partial charge is 0.497 e. The SMILES string of the molecule is COc1cccc(Sc2cccc(C(=O)O)n2)c1. The highest BCUT2D eigenvalue weighted by atomic mass is 32.2. The van der Waals surface area contributed by atoms with Gasteiger partial charge in [0.15, 0.2) is 0 Å². The summed E-state index contributed by atoms with van der Waals surface area (Å²) in [4.78, 5) is 15.8. The van der Waals surface area contributed by atoms with E-state index in [1.165, 1.54) is 17.8 Å². The van der Waals surface area contributed by atoms with Crippen LogP contribution < -0.4 is 4.74 Å². The van der Waals surface area contributed by atoms with Gasteiger partial charge < -0.3 is 9.84 Å². The molecule has 2 aromatic rings. The van der Waals surface area contributed by atoms with Crippen LogP contribution in [0, 0.1) is 0 Å². The molecule has 0 fully saturated rings. The maximum absolute atomic E-state index is 10.8. The van der Waals surface area contributed by atoms with Crippen LogP contribution in [0.25, 0.3) is 0 Å². The molecule has 0 aliphatic heterocycles. The number of nitrogens with zero attached hydrogens (tertiary/aromatic N) is 1. The van der Waals surface area contributed by atoms with E-state index in [1.54, 1.807) is 19.2 Å². The Bertz CT molecular complexity index is 572. The van der Waals surface area contributed by atoms with Crippen LogP contribution in [0.15, 0.2) is 52.4 Å². The lowest BCUT2D eigenvalue weighted by Gasteiger charge is -2.04. The van der Waals surface area contributed by atoms with Gasteiger partial charge in [-0.05, 0) is 30.3 Å². The fourth-order valence-corrected chi connectivity index (χ4v) is 2.23. The number of aromatic carboxylic acids is 1. The smallest absolute Gasteiger partial charge is 0.354 e. The molecule has 5 heteroatoms. The first-order valence-electron chi connectivity index (χ1n) is 5.21. The highest BCUT2D eigenvalue weighted by molar-refractivity contribution is 7.99. The van der Waals surface area contributed by atoms with Gasteiger partial charge in [0.25, 0.3) is 0 Å². The maximum atomic E-state index is 10.8. The lowest BCUT2D eigenvalue weighted by Crippen LogP contribution is -1.99. The van der Waals surface area contributed by atoms with Gasteiger partial charge in [0.1, 0.15) is 16.5 Å². The molecular weight excluding hydrogens is 250 g/mol. The van der Waals surface area contributed by atoms with Crippen LogP contribution in [0.4, 0.5) is 0 Å². The minimum atomic E-state index is -1.02. The zero-order valence-corrected chi connectivity index (χ0v) is 10.5. The third-order valence-corrected chi connectivity index (χ3v) is 3.13. The van der Waals surface area contributed by atoms with E-state index in [1.807, 2.05) is 24.3 Å². The van der Waals surface area contributed by atoms with Crippen molar-refractivity contribution < 1.29 is 14.6 Å². The van der Waals surface area contributed by atoms with Gasteiger partial charge in [-0.2, -0.15) is 0 Å². The van der Waals surface area contributed by atoms with Crippen LogP contribution in [0.5, 0.6) is 5.75 Å². The molecule has 0 saturated heterocycles. The van der Waals surface area contributed by atoms with Crippen molar-refractivity contribution in [3.05, 3.63) is 48.2 Å². The second-order valence-corrected chi connectivity index (χ2v) is 4.54. The third-order valence-electron chi connectivity index (χ3n) is 2.21. The molecule has 0 amide bonds. The summed E-state index contributed by atoms with van der Waals surface area (Å²) in [5.74, 6) is -0.266. The summed E-state index contributed by atoms with van der Waals surface area (Å²) in [7, 11) is 1.60. The molecule has 1 aromatic carbocycles. The van der Waals surface area contributed by atoms with E-state index in [9.17, 15) is 4.79 Å². The number of ether oxygens (including phenoxy) is 1. The Kier molecular flexibility index (Phi) is 3.84. The van der Waals surface area contributed by atoms with Gasteiger partial charge in [-0.25, -0.2) is 9.78 Å². The van der Waals surface area contributed by atoms with Gasteiger partial charge in [0, 0.05) is 4.90 Å². The number of carbonyl (C=O) groups is 1. The van der Waals surface area contributed by atoms with Crippen LogP contribution in [0.1, 0.15) is 10.5 Å². The number of carboxylic acids is 1. The number of methoxy groups -OCH3 is 1. The summed E-state index contributed by atoms with van der Waals surface area (Å²) in [6.45, 7) is 0. The van der Waals surface area contributed by atoms with E-state index in [2.05, 4.69) is 4.98 Å². The Morgan fingerprint density at radius 3 is 2.78 bits per heavy atom. The van der Waals surface area contributed by atoms with Crippen LogP contribution in [-0.2, 0) is 0 Å². The standard InChI is InChI=1S/C13H11NO3S/c1-17-9-4-2-5-10(8-9)18-12-7-3-6-11(14-12)13(15)16/h2-8H,1H3,(H,15,16). The van der Waals surface area contributed by atoms with E-state index in [-0.39, 0.29) is 5.69 Å². The van der Waals surface area contributed by atoms with Crippen LogP contribution in [0.2, 0.25) is 0 Å². The first kappa shape index (κ1) is 12.4. The maximum Gasteiger partial charge on any atom is 0.354 e. The molecule has 92 valence electrons. The predicted octanol–water partition coefficient (Wildman–Crippen LogP) is 2.94. The monoisotopic (exact) mass is 261 g/mol. The van der Waals surface area contributed by atoms with Crippen LogP contribution in [-0.4, -0.2) is 23.2 Å². The minimum absolute atomic E-state index is 0.0443. The Morgan fingerprint density at radius 1 is 1.28 bits per heavy atom. The van der Waals surface area contributed by atoms with Crippen molar-refractivity contribution in [1.82, 2.24) is 4.98 Å². The van der Waals surface area contributed by atoms with Crippen LogP contribution in [0.3, 0.4) is 0 Å². The third kappa shape index (κ3) is 3.01. The van der Waals surface area contributed by atoms with Gasteiger partial charge in [-0.1, -0.05) is 23.9 Å². The van der Waals surface area contributed by atoms with Gasteiger partial charge >= 0.3 is 5.97 Å². The second-order valence-electron chi connectivity index (χ2n) is 3.45. The highest BCUT2D eigenvalue weighted by Gasteiger charge is 2.06. The molecule has 0 bridgehead atoms. The second kappa shape index (κ2) is 5.55. The summed E-state index contributed by atoms with van der Waals surface area (Å²) in [6.07, 6.45) is 0. The van der Waals surface area contributed by atoms with Crippen molar-refractivity contribution in [1.29, 1.82) is 0 Å². The zero-order chi connectivity index (χ0) is 13.0. The Labute approximate surface area is 109 Å². The van der Waals surface area contributed by atoms with E-state index < -0.39 is 5.97 Å². The molecule has 0 aliphatic rings. The molecule has 0 atom stereocenters. The topological polar surface area (TPSA) is 59.4 Å². The Hall–Kier alpha value is -2.01. The number of benzene rings is 1. The number of rotatable bonds is 4. The number of hydrogen-bond acceptors (Lipinski definition) is 4. The first-order chi connectivity index (χ1) is 8.69. The summed E-state index contributed by atoms with van der Waals surface area (Å²) < 4.78 is 5.13. The molecule has 0 unspecified atom stereocenters. The van der Waals surface area contributed by atoms with E-state index >= 15 is 0 Å². The normalized spacial score (nSPS) is 10.1. The molecular formula is C13H11NO3S. The van der Waals surface area contributed by atoms with Crippen molar-refractivity contribution in [2.75, 3.05) is 7.11 Å². The Morgan fingerprint density at radius 2 is 2.06 bits per heavy atom. The molecule has 2 rings (SSSR count). The molecule has 0 aliphatic carbocycles. The van der Waals surface area contributed by atoms with Crippen molar-refractivity contribution >= 4 is 17.7 Å². The fourth-order valence-electron chi connectivity index (χ4n) is 1.38. The van der Waals surface area contributed by atoms with Gasteiger partial charge in [-0.3, -0.25) is 0 Å². The fraction of sp³-hybridized carbons (Fsp3) is 0.0769. The quantitative estimate of drug-likeness (QED) is 0.917. The molecule has 0 radical (unpaired) electrons. The number of hydrogen-bond donors (Lipinski definition) is 1. The van der Waals surface area contributed by atoms with Crippen LogP contribution >= 0.6 is 11.8 Å². The summed E-state index contributed by atoms with van der Waals surface area (Å²) in [6, 6.07) is 12.4. The van der Waals surface area contributed by atoms with Crippen molar-refractivity contribution in [2.24, 2.45) is 0 Å². The average molecular weight is 261 g/mol. The molecule has 18 heavy (non-hydrogen) atoms. The summed E-state index contributed by atoms with van der Waals surface area (Å²) in [5, 5.41) is 9.51. The minimum Gasteiger partial charge on any atom is -0.497 e. The average Bonchev–Trinajstić information content (AvgIpc) is 2.39. The molecule has 0 saturated carbocycles. The van der Waals surface area contributed by atoms with Gasteiger partial charge in [0.05, 0.1) is 7.11 Å². The van der Waals surface area contributed by atoms with Crippen molar-refractivity contribution in [3.8, 4) is 5.75 Å². The zero-order valence-electron chi connectivity index (χ0n) is 9.66. The molecule has 0 spiro atoms. The summed E-state index contributed by atoms with van der Waals surface area (Å²) in [5.41, 5.74) is 0.0443. The van der Waals surface area contributed by atoms with Crippen molar-refractivity contribution in [3.63, 3.8) is 0 Å². The lowest BCUT2D eigenvalue weighted by molar-refractivity contribution is 0.0689. The number of aromatic nitrogens is 1. The van der Waals surface area contributed by atoms with E-state index in [0.29, 0.717) is 5.03 Å². The van der Waals surface area contributed by atoms with E-state index in [0.717, 1.165) is 10.6 Å². The molecule has 1 N–H and O–H groups in total. The molecule has 1 aromatic heterocycles. The van der Waals surface area contributed by atoms with Gasteiger partial charge in [0.2, 0.25) is 0 Å². The molecule has 4 nitrogen and oxygen atoms in total.